The number of carbonyl (C=O) groups excluding carboxylic acids is 2. The zero-order valence-electron chi connectivity index (χ0n) is 21.2. The van der Waals surface area contributed by atoms with Crippen molar-refractivity contribution in [3.05, 3.63) is 78.4 Å². The summed E-state index contributed by atoms with van der Waals surface area (Å²) in [5.41, 5.74) is 0.910. The highest BCUT2D eigenvalue weighted by atomic mass is 16.2. The molecule has 1 N–H and O–H groups in total. The van der Waals surface area contributed by atoms with Gasteiger partial charge in [-0.3, -0.25) is 9.59 Å². The molecule has 5 heteroatoms. The average molecular weight is 472 g/mol. The lowest BCUT2D eigenvalue weighted by Crippen LogP contribution is -2.64. The molecule has 0 unspecified atom stereocenters. The summed E-state index contributed by atoms with van der Waals surface area (Å²) in [7, 11) is 0. The second-order valence-corrected chi connectivity index (χ2v) is 9.84. The van der Waals surface area contributed by atoms with Crippen molar-refractivity contribution in [3.8, 4) is 0 Å². The molecule has 184 valence electrons. The normalized spacial score (nSPS) is 15.8. The van der Waals surface area contributed by atoms with Crippen LogP contribution >= 0.6 is 0 Å². The summed E-state index contributed by atoms with van der Waals surface area (Å²) in [5, 5.41) is 5.35. The van der Waals surface area contributed by atoms with Crippen molar-refractivity contribution in [3.63, 3.8) is 0 Å². The molecule has 3 aromatic carbocycles. The summed E-state index contributed by atoms with van der Waals surface area (Å²) in [6.45, 7) is 8.60. The van der Waals surface area contributed by atoms with Crippen molar-refractivity contribution in [1.29, 1.82) is 0 Å². The molecule has 0 radical (unpaired) electrons. The number of nitrogens with one attached hydrogen (secondary N) is 1. The lowest BCUT2D eigenvalue weighted by atomic mass is 9.83. The van der Waals surface area contributed by atoms with Crippen LogP contribution in [0, 0.1) is 0 Å². The molecule has 4 rings (SSSR count). The molecular weight excluding hydrogens is 434 g/mol. The van der Waals surface area contributed by atoms with Crippen LogP contribution in [-0.2, 0) is 16.0 Å². The number of benzene rings is 3. The minimum Gasteiger partial charge on any atom is -0.328 e. The Morgan fingerprint density at radius 3 is 2.29 bits per heavy atom. The Kier molecular flexibility index (Phi) is 7.86. The van der Waals surface area contributed by atoms with Gasteiger partial charge in [-0.1, -0.05) is 67.6 Å². The van der Waals surface area contributed by atoms with E-state index in [9.17, 15) is 9.59 Å². The SMILES string of the molecule is CCCN(C(=O)Cc1cccc2ccccc12)C1(C(=O)Nc2ccccc2)CCN(C(C)C)CC1. The minimum absolute atomic E-state index is 0.0180. The summed E-state index contributed by atoms with van der Waals surface area (Å²) in [6.07, 6.45) is 2.35. The molecular formula is C30H37N3O2. The summed E-state index contributed by atoms with van der Waals surface area (Å²) in [4.78, 5) is 32.2. The molecule has 35 heavy (non-hydrogen) atoms. The maximum atomic E-state index is 14.0. The van der Waals surface area contributed by atoms with Gasteiger partial charge in [-0.05, 0) is 61.6 Å². The number of amides is 2. The molecule has 2 amide bonds. The molecule has 3 aromatic rings. The van der Waals surface area contributed by atoms with Crippen LogP contribution < -0.4 is 5.32 Å². The van der Waals surface area contributed by atoms with Gasteiger partial charge in [-0.2, -0.15) is 0 Å². The largest absolute Gasteiger partial charge is 0.328 e. The average Bonchev–Trinajstić information content (AvgIpc) is 2.88. The van der Waals surface area contributed by atoms with E-state index >= 15 is 0 Å². The molecule has 1 saturated heterocycles. The Morgan fingerprint density at radius 1 is 0.943 bits per heavy atom. The summed E-state index contributed by atoms with van der Waals surface area (Å²) >= 11 is 0. The number of nitrogens with zero attached hydrogens (tertiary/aromatic N) is 2. The summed E-state index contributed by atoms with van der Waals surface area (Å²) in [5.74, 6) is -0.0590. The van der Waals surface area contributed by atoms with Gasteiger partial charge in [0.2, 0.25) is 11.8 Å². The van der Waals surface area contributed by atoms with Gasteiger partial charge < -0.3 is 15.1 Å². The molecule has 0 bridgehead atoms. The van der Waals surface area contributed by atoms with Crippen molar-refractivity contribution in [1.82, 2.24) is 9.80 Å². The fourth-order valence-corrected chi connectivity index (χ4v) is 5.30. The number of carbonyl (C=O) groups is 2. The predicted molar refractivity (Wildman–Crippen MR) is 143 cm³/mol. The number of hydrogen-bond acceptors (Lipinski definition) is 3. The van der Waals surface area contributed by atoms with Crippen molar-refractivity contribution in [2.75, 3.05) is 25.0 Å². The first-order valence-electron chi connectivity index (χ1n) is 12.8. The van der Waals surface area contributed by atoms with Crippen LogP contribution in [0.1, 0.15) is 45.6 Å². The van der Waals surface area contributed by atoms with Gasteiger partial charge in [0.05, 0.1) is 6.42 Å². The van der Waals surface area contributed by atoms with Gasteiger partial charge in [-0.25, -0.2) is 0 Å². The van der Waals surface area contributed by atoms with Crippen LogP contribution in [0.5, 0.6) is 0 Å². The highest BCUT2D eigenvalue weighted by Crippen LogP contribution is 2.33. The van der Waals surface area contributed by atoms with Crippen LogP contribution in [0.2, 0.25) is 0 Å². The van der Waals surface area contributed by atoms with Crippen molar-refractivity contribution in [2.45, 2.75) is 58.0 Å². The Balaban J connectivity index is 1.66. The number of fused-ring (bicyclic) bond motifs is 1. The van der Waals surface area contributed by atoms with Crippen molar-refractivity contribution < 1.29 is 9.59 Å². The number of piperidine rings is 1. The number of rotatable bonds is 8. The van der Waals surface area contributed by atoms with E-state index in [1.165, 1.54) is 0 Å². The quantitative estimate of drug-likeness (QED) is 0.472. The van der Waals surface area contributed by atoms with E-state index in [0.29, 0.717) is 25.4 Å². The lowest BCUT2D eigenvalue weighted by Gasteiger charge is -2.48. The minimum atomic E-state index is -0.862. The van der Waals surface area contributed by atoms with Gasteiger partial charge in [0.25, 0.3) is 0 Å². The zero-order valence-corrected chi connectivity index (χ0v) is 21.2. The van der Waals surface area contributed by atoms with Crippen LogP contribution in [-0.4, -0.2) is 52.8 Å². The third-order valence-electron chi connectivity index (χ3n) is 7.30. The van der Waals surface area contributed by atoms with E-state index < -0.39 is 5.54 Å². The Bertz CT molecular complexity index is 1150. The van der Waals surface area contributed by atoms with E-state index in [4.69, 9.17) is 0 Å². The summed E-state index contributed by atoms with van der Waals surface area (Å²) < 4.78 is 0. The monoisotopic (exact) mass is 471 g/mol. The van der Waals surface area contributed by atoms with Crippen LogP contribution in [0.4, 0.5) is 5.69 Å². The number of anilines is 1. The molecule has 5 nitrogen and oxygen atoms in total. The molecule has 1 heterocycles. The predicted octanol–water partition coefficient (Wildman–Crippen LogP) is 5.50. The second-order valence-electron chi connectivity index (χ2n) is 9.84. The first-order valence-corrected chi connectivity index (χ1v) is 12.8. The molecule has 0 atom stereocenters. The highest BCUT2D eigenvalue weighted by Gasteiger charge is 2.48. The van der Waals surface area contributed by atoms with Crippen molar-refractivity contribution >= 4 is 28.3 Å². The second kappa shape index (κ2) is 11.0. The van der Waals surface area contributed by atoms with E-state index in [1.807, 2.05) is 59.5 Å². The molecule has 0 aromatic heterocycles. The Hall–Kier alpha value is -3.18. The van der Waals surface area contributed by atoms with Gasteiger partial charge in [0.1, 0.15) is 5.54 Å². The maximum Gasteiger partial charge on any atom is 0.250 e. The third kappa shape index (κ3) is 5.40. The first-order chi connectivity index (χ1) is 16.9. The van der Waals surface area contributed by atoms with E-state index in [1.54, 1.807) is 0 Å². The van der Waals surface area contributed by atoms with Gasteiger partial charge in [0, 0.05) is 31.4 Å². The fraction of sp³-hybridized carbons (Fsp3) is 0.400. The van der Waals surface area contributed by atoms with E-state index in [-0.39, 0.29) is 18.2 Å². The molecule has 0 aliphatic carbocycles. The van der Waals surface area contributed by atoms with Crippen LogP contribution in [0.25, 0.3) is 10.8 Å². The summed E-state index contributed by atoms with van der Waals surface area (Å²) in [6, 6.07) is 24.3. The maximum absolute atomic E-state index is 14.0. The molecule has 1 fully saturated rings. The van der Waals surface area contributed by atoms with Crippen molar-refractivity contribution in [2.24, 2.45) is 0 Å². The van der Waals surface area contributed by atoms with Gasteiger partial charge >= 0.3 is 0 Å². The third-order valence-corrected chi connectivity index (χ3v) is 7.30. The zero-order chi connectivity index (χ0) is 24.8. The topological polar surface area (TPSA) is 52.7 Å². The number of hydrogen-bond donors (Lipinski definition) is 1. The standard InChI is InChI=1S/C30H37N3O2/c1-4-19-33(28(34)22-25-13-10-12-24-11-8-9-16-27(24)25)30(17-20-32(21-18-30)23(2)3)29(35)31-26-14-6-5-7-15-26/h5-16,23H,4,17-22H2,1-3H3,(H,31,35). The molecule has 0 saturated carbocycles. The molecule has 1 aliphatic heterocycles. The number of likely N-dealkylation sites (tertiary alicyclic amines) is 1. The fourth-order valence-electron chi connectivity index (χ4n) is 5.30. The molecule has 1 aliphatic rings. The Morgan fingerprint density at radius 2 is 1.60 bits per heavy atom. The highest BCUT2D eigenvalue weighted by molar-refractivity contribution is 6.01. The van der Waals surface area contributed by atoms with Gasteiger partial charge in [-0.15, -0.1) is 0 Å². The number of para-hydroxylation sites is 1. The lowest BCUT2D eigenvalue weighted by molar-refractivity contribution is -0.148. The van der Waals surface area contributed by atoms with E-state index in [0.717, 1.165) is 41.5 Å². The van der Waals surface area contributed by atoms with E-state index in [2.05, 4.69) is 49.2 Å². The van der Waals surface area contributed by atoms with Gasteiger partial charge in [0.15, 0.2) is 0 Å². The molecule has 0 spiro atoms. The smallest absolute Gasteiger partial charge is 0.250 e. The Labute approximate surface area is 209 Å². The van der Waals surface area contributed by atoms with Crippen LogP contribution in [0.15, 0.2) is 72.8 Å². The van der Waals surface area contributed by atoms with Crippen LogP contribution in [0.3, 0.4) is 0 Å². The first kappa shape index (κ1) is 24.9.